The second-order valence-corrected chi connectivity index (χ2v) is 6.26. The Morgan fingerprint density at radius 3 is 2.46 bits per heavy atom. The standard InChI is InChI=1S/C21H20N2O5/c1-25-17-10-14(11-18(26-2)20(17)27-3)19(24)15-12-28-21(22-15)23-9-8-13-6-4-5-7-16(13)23/h4-11,15H,12H2,1-3H3. The summed E-state index contributed by atoms with van der Waals surface area (Å²) >= 11 is 0. The molecular weight excluding hydrogens is 360 g/mol. The number of fused-ring (bicyclic) bond motifs is 1. The lowest BCUT2D eigenvalue weighted by molar-refractivity contribution is 0.0946. The van der Waals surface area contributed by atoms with Crippen LogP contribution >= 0.6 is 0 Å². The Kier molecular flexibility index (Phi) is 4.65. The van der Waals surface area contributed by atoms with Crippen LogP contribution in [0.25, 0.3) is 10.9 Å². The van der Waals surface area contributed by atoms with E-state index in [1.165, 1.54) is 21.3 Å². The largest absolute Gasteiger partial charge is 0.493 e. The molecule has 0 saturated carbocycles. The van der Waals surface area contributed by atoms with Crippen LogP contribution in [0.4, 0.5) is 0 Å². The molecule has 1 aromatic heterocycles. The van der Waals surface area contributed by atoms with Crippen LogP contribution in [0.15, 0.2) is 53.7 Å². The van der Waals surface area contributed by atoms with Crippen molar-refractivity contribution in [1.29, 1.82) is 0 Å². The summed E-state index contributed by atoms with van der Waals surface area (Å²) in [5.74, 6) is 1.10. The average Bonchev–Trinajstić information content (AvgIpc) is 3.38. The van der Waals surface area contributed by atoms with Gasteiger partial charge < -0.3 is 18.9 Å². The molecule has 2 heterocycles. The van der Waals surface area contributed by atoms with Crippen molar-refractivity contribution in [1.82, 2.24) is 4.57 Å². The Morgan fingerprint density at radius 2 is 1.79 bits per heavy atom. The number of aromatic nitrogens is 1. The molecule has 1 aliphatic heterocycles. The maximum absolute atomic E-state index is 13.0. The van der Waals surface area contributed by atoms with E-state index in [1.54, 1.807) is 12.1 Å². The average molecular weight is 380 g/mol. The van der Waals surface area contributed by atoms with Crippen LogP contribution in [-0.2, 0) is 4.74 Å². The summed E-state index contributed by atoms with van der Waals surface area (Å²) in [5, 5.41) is 1.08. The predicted molar refractivity (Wildman–Crippen MR) is 105 cm³/mol. The Labute approximate surface area is 162 Å². The van der Waals surface area contributed by atoms with Crippen LogP contribution in [0.1, 0.15) is 10.4 Å². The topological polar surface area (TPSA) is 71.3 Å². The highest BCUT2D eigenvalue weighted by Crippen LogP contribution is 2.38. The van der Waals surface area contributed by atoms with Crippen molar-refractivity contribution in [2.75, 3.05) is 27.9 Å². The van der Waals surface area contributed by atoms with Gasteiger partial charge in [0.25, 0.3) is 6.02 Å². The van der Waals surface area contributed by atoms with Gasteiger partial charge in [-0.05, 0) is 24.3 Å². The fraction of sp³-hybridized carbons (Fsp3) is 0.238. The summed E-state index contributed by atoms with van der Waals surface area (Å²) in [6, 6.07) is 12.9. The second-order valence-electron chi connectivity index (χ2n) is 6.26. The lowest BCUT2D eigenvalue weighted by Gasteiger charge is -2.14. The Hall–Kier alpha value is -3.48. The van der Waals surface area contributed by atoms with E-state index in [9.17, 15) is 4.79 Å². The number of hydrogen-bond acceptors (Lipinski definition) is 6. The van der Waals surface area contributed by atoms with Crippen LogP contribution in [0, 0.1) is 0 Å². The van der Waals surface area contributed by atoms with E-state index in [0.717, 1.165) is 10.9 Å². The first-order valence-electron chi connectivity index (χ1n) is 8.77. The molecule has 0 radical (unpaired) electrons. The highest BCUT2D eigenvalue weighted by molar-refractivity contribution is 6.04. The van der Waals surface area contributed by atoms with E-state index in [1.807, 2.05) is 41.1 Å². The van der Waals surface area contributed by atoms with E-state index in [-0.39, 0.29) is 12.4 Å². The van der Waals surface area contributed by atoms with Crippen molar-refractivity contribution in [3.05, 3.63) is 54.2 Å². The van der Waals surface area contributed by atoms with Crippen LogP contribution < -0.4 is 14.2 Å². The molecule has 4 rings (SSSR count). The van der Waals surface area contributed by atoms with Crippen LogP contribution in [-0.4, -0.2) is 50.4 Å². The Balaban J connectivity index is 1.66. The molecule has 1 aliphatic rings. The van der Waals surface area contributed by atoms with Gasteiger partial charge in [-0.3, -0.25) is 9.36 Å². The van der Waals surface area contributed by atoms with Crippen LogP contribution in [0.2, 0.25) is 0 Å². The predicted octanol–water partition coefficient (Wildman–Crippen LogP) is 3.15. The number of para-hydroxylation sites is 1. The number of methoxy groups -OCH3 is 3. The van der Waals surface area contributed by atoms with Crippen molar-refractivity contribution < 1.29 is 23.7 Å². The van der Waals surface area contributed by atoms with Crippen molar-refractivity contribution in [3.8, 4) is 17.2 Å². The molecule has 0 bridgehead atoms. The zero-order chi connectivity index (χ0) is 19.7. The van der Waals surface area contributed by atoms with Crippen molar-refractivity contribution in [3.63, 3.8) is 0 Å². The van der Waals surface area contributed by atoms with Crippen molar-refractivity contribution >= 4 is 22.7 Å². The lowest BCUT2D eigenvalue weighted by atomic mass is 10.0. The number of aliphatic imine (C=N–C) groups is 1. The SMILES string of the molecule is COc1cc(C(=O)C2COC(n3ccc4ccccc43)=N2)cc(OC)c1OC. The molecule has 144 valence electrons. The summed E-state index contributed by atoms with van der Waals surface area (Å²) < 4.78 is 23.5. The van der Waals surface area contributed by atoms with Crippen molar-refractivity contribution in [2.24, 2.45) is 4.99 Å². The summed E-state index contributed by atoms with van der Waals surface area (Å²) in [6.45, 7) is 0.178. The number of Topliss-reactive ketones (excluding diaryl/α,β-unsaturated/α-hetero) is 1. The summed E-state index contributed by atoms with van der Waals surface area (Å²) in [7, 11) is 4.54. The van der Waals surface area contributed by atoms with Crippen LogP contribution in [0.3, 0.4) is 0 Å². The maximum Gasteiger partial charge on any atom is 0.297 e. The van der Waals surface area contributed by atoms with Gasteiger partial charge in [-0.25, -0.2) is 4.99 Å². The normalized spacial score (nSPS) is 15.8. The molecule has 1 unspecified atom stereocenters. The minimum atomic E-state index is -0.640. The smallest absolute Gasteiger partial charge is 0.297 e. The first-order valence-corrected chi connectivity index (χ1v) is 8.77. The number of nitrogens with zero attached hydrogens (tertiary/aromatic N) is 2. The first kappa shape index (κ1) is 17.9. The first-order chi connectivity index (χ1) is 13.7. The van der Waals surface area contributed by atoms with Gasteiger partial charge in [0.2, 0.25) is 5.75 Å². The molecule has 2 aromatic carbocycles. The molecule has 0 N–H and O–H groups in total. The fourth-order valence-corrected chi connectivity index (χ4v) is 3.29. The molecule has 0 amide bonds. The zero-order valence-electron chi connectivity index (χ0n) is 15.8. The second kappa shape index (κ2) is 7.26. The lowest BCUT2D eigenvalue weighted by Crippen LogP contribution is -2.20. The van der Waals surface area contributed by atoms with Gasteiger partial charge in [-0.1, -0.05) is 18.2 Å². The molecule has 0 saturated heterocycles. The number of carbonyl (C=O) groups is 1. The van der Waals surface area contributed by atoms with E-state index in [0.29, 0.717) is 28.8 Å². The monoisotopic (exact) mass is 380 g/mol. The zero-order valence-corrected chi connectivity index (χ0v) is 15.8. The summed E-state index contributed by atoms with van der Waals surface area (Å²) in [4.78, 5) is 17.5. The summed E-state index contributed by atoms with van der Waals surface area (Å²) in [5.41, 5.74) is 1.40. The van der Waals surface area contributed by atoms with E-state index >= 15 is 0 Å². The van der Waals surface area contributed by atoms with E-state index in [4.69, 9.17) is 18.9 Å². The van der Waals surface area contributed by atoms with Gasteiger partial charge in [0.15, 0.2) is 23.3 Å². The van der Waals surface area contributed by atoms with Gasteiger partial charge in [0, 0.05) is 17.1 Å². The molecule has 0 aliphatic carbocycles. The molecule has 7 heteroatoms. The molecule has 1 atom stereocenters. The number of rotatable bonds is 5. The Morgan fingerprint density at radius 1 is 1.07 bits per heavy atom. The third-order valence-electron chi connectivity index (χ3n) is 4.69. The number of ether oxygens (including phenoxy) is 4. The van der Waals surface area contributed by atoms with Gasteiger partial charge in [-0.15, -0.1) is 0 Å². The molecule has 0 spiro atoms. The highest BCUT2D eigenvalue weighted by Gasteiger charge is 2.29. The van der Waals surface area contributed by atoms with E-state index in [2.05, 4.69) is 4.99 Å². The molecule has 28 heavy (non-hydrogen) atoms. The van der Waals surface area contributed by atoms with Crippen molar-refractivity contribution in [2.45, 2.75) is 6.04 Å². The molecule has 7 nitrogen and oxygen atoms in total. The van der Waals surface area contributed by atoms with Gasteiger partial charge in [0.1, 0.15) is 6.61 Å². The molecule has 3 aromatic rings. The van der Waals surface area contributed by atoms with Gasteiger partial charge in [-0.2, -0.15) is 0 Å². The number of hydrogen-bond donors (Lipinski definition) is 0. The van der Waals surface area contributed by atoms with Gasteiger partial charge in [0.05, 0.1) is 26.8 Å². The summed E-state index contributed by atoms with van der Waals surface area (Å²) in [6.07, 6.45) is 1.88. The molecular formula is C21H20N2O5. The Bertz CT molecular complexity index is 1040. The number of benzene rings is 2. The minimum Gasteiger partial charge on any atom is -0.493 e. The van der Waals surface area contributed by atoms with E-state index < -0.39 is 6.04 Å². The highest BCUT2D eigenvalue weighted by atomic mass is 16.5. The quantitative estimate of drug-likeness (QED) is 0.636. The van der Waals surface area contributed by atoms with Crippen LogP contribution in [0.5, 0.6) is 17.2 Å². The molecule has 0 fully saturated rings. The fourth-order valence-electron chi connectivity index (χ4n) is 3.29. The third kappa shape index (κ3) is 2.94. The third-order valence-corrected chi connectivity index (χ3v) is 4.69. The maximum atomic E-state index is 13.0. The van der Waals surface area contributed by atoms with Gasteiger partial charge >= 0.3 is 0 Å². The number of ketones is 1. The number of carbonyl (C=O) groups excluding carboxylic acids is 1. The minimum absolute atomic E-state index is 0.175.